The summed E-state index contributed by atoms with van der Waals surface area (Å²) in [6.07, 6.45) is 11.1. The predicted molar refractivity (Wildman–Crippen MR) is 101 cm³/mol. The number of anilines is 1. The molecule has 0 radical (unpaired) electrons. The van der Waals surface area contributed by atoms with Crippen molar-refractivity contribution in [1.29, 1.82) is 0 Å². The molecule has 0 spiro atoms. The highest BCUT2D eigenvalue weighted by Crippen LogP contribution is 2.38. The molecule has 2 aliphatic rings. The van der Waals surface area contributed by atoms with Crippen LogP contribution in [0.4, 0.5) is 5.00 Å². The van der Waals surface area contributed by atoms with E-state index >= 15 is 0 Å². The lowest BCUT2D eigenvalue weighted by atomic mass is 9.83. The Bertz CT molecular complexity index is 738. The van der Waals surface area contributed by atoms with Gasteiger partial charge in [-0.25, -0.2) is 0 Å². The first-order chi connectivity index (χ1) is 11.7. The van der Waals surface area contributed by atoms with Gasteiger partial charge in [-0.05, 0) is 55.6 Å². The first-order valence-corrected chi connectivity index (χ1v) is 10.1. The van der Waals surface area contributed by atoms with E-state index in [-0.39, 0.29) is 5.78 Å². The van der Waals surface area contributed by atoms with Crippen LogP contribution in [0.2, 0.25) is 0 Å². The van der Waals surface area contributed by atoms with Gasteiger partial charge >= 0.3 is 0 Å². The third-order valence-corrected chi connectivity index (χ3v) is 6.80. The second-order valence-corrected chi connectivity index (χ2v) is 8.37. The van der Waals surface area contributed by atoms with E-state index in [4.69, 9.17) is 5.73 Å². The summed E-state index contributed by atoms with van der Waals surface area (Å²) in [6, 6.07) is 8.35. The summed E-state index contributed by atoms with van der Waals surface area (Å²) in [6.45, 7) is 0. The minimum atomic E-state index is 0.113. The highest BCUT2D eigenvalue weighted by molar-refractivity contribution is 7.16. The molecule has 2 N–H and O–H groups in total. The Hall–Kier alpha value is -1.61. The number of rotatable bonds is 3. The number of hydrogen-bond acceptors (Lipinski definition) is 3. The fourth-order valence-electron chi connectivity index (χ4n) is 4.32. The van der Waals surface area contributed by atoms with Gasteiger partial charge in [0.05, 0.1) is 10.6 Å². The van der Waals surface area contributed by atoms with Crippen molar-refractivity contribution in [2.45, 2.75) is 63.7 Å². The van der Waals surface area contributed by atoms with Gasteiger partial charge in [-0.15, -0.1) is 11.3 Å². The Labute approximate surface area is 148 Å². The number of thiophene rings is 1. The van der Waals surface area contributed by atoms with Gasteiger partial charge in [0.15, 0.2) is 5.78 Å². The number of fused-ring (bicyclic) bond motifs is 1. The van der Waals surface area contributed by atoms with Crippen LogP contribution in [0, 0.1) is 0 Å². The highest BCUT2D eigenvalue weighted by atomic mass is 32.1. The van der Waals surface area contributed by atoms with Crippen molar-refractivity contribution in [1.82, 2.24) is 0 Å². The average molecular weight is 340 g/mol. The zero-order valence-corrected chi connectivity index (χ0v) is 15.0. The number of carbonyl (C=O) groups excluding carboxylic acids is 1. The second kappa shape index (κ2) is 6.72. The lowest BCUT2D eigenvalue weighted by molar-refractivity contribution is 0.103. The maximum Gasteiger partial charge on any atom is 0.196 e. The van der Waals surface area contributed by atoms with Crippen LogP contribution in [0.3, 0.4) is 0 Å². The Balaban J connectivity index is 1.60. The van der Waals surface area contributed by atoms with Crippen molar-refractivity contribution in [2.24, 2.45) is 0 Å². The van der Waals surface area contributed by atoms with Gasteiger partial charge in [0.25, 0.3) is 0 Å². The molecule has 0 atom stereocenters. The second-order valence-electron chi connectivity index (χ2n) is 7.24. The van der Waals surface area contributed by atoms with E-state index in [9.17, 15) is 4.79 Å². The molecule has 0 saturated heterocycles. The Morgan fingerprint density at radius 2 is 1.67 bits per heavy atom. The van der Waals surface area contributed by atoms with Crippen LogP contribution >= 0.6 is 11.3 Å². The third-order valence-electron chi connectivity index (χ3n) is 5.68. The quantitative estimate of drug-likeness (QED) is 0.752. The molecule has 3 heteroatoms. The van der Waals surface area contributed by atoms with E-state index < -0.39 is 0 Å². The molecule has 126 valence electrons. The van der Waals surface area contributed by atoms with Crippen molar-refractivity contribution in [2.75, 3.05) is 5.73 Å². The first-order valence-electron chi connectivity index (χ1n) is 9.28. The third kappa shape index (κ3) is 2.90. The molecular weight excluding hydrogens is 314 g/mol. The molecule has 2 aromatic rings. The zero-order chi connectivity index (χ0) is 16.5. The fourth-order valence-corrected chi connectivity index (χ4v) is 5.48. The lowest BCUT2D eigenvalue weighted by Crippen LogP contribution is -2.09. The smallest absolute Gasteiger partial charge is 0.196 e. The molecule has 0 aliphatic heterocycles. The Morgan fingerprint density at radius 3 is 2.42 bits per heavy atom. The average Bonchev–Trinajstić information content (AvgIpc) is 2.98. The molecule has 24 heavy (non-hydrogen) atoms. The Morgan fingerprint density at radius 1 is 0.958 bits per heavy atom. The van der Waals surface area contributed by atoms with Gasteiger partial charge in [0, 0.05) is 10.4 Å². The van der Waals surface area contributed by atoms with Crippen LogP contribution < -0.4 is 5.73 Å². The topological polar surface area (TPSA) is 43.1 Å². The van der Waals surface area contributed by atoms with Gasteiger partial charge in [-0.2, -0.15) is 0 Å². The fraction of sp³-hybridized carbons (Fsp3) is 0.476. The van der Waals surface area contributed by atoms with Crippen LogP contribution in [0.25, 0.3) is 0 Å². The summed E-state index contributed by atoms with van der Waals surface area (Å²) in [5.74, 6) is 0.795. The van der Waals surface area contributed by atoms with Crippen molar-refractivity contribution >= 4 is 22.1 Å². The van der Waals surface area contributed by atoms with Crippen molar-refractivity contribution in [3.05, 3.63) is 51.4 Å². The lowest BCUT2D eigenvalue weighted by Gasteiger charge is -2.22. The van der Waals surface area contributed by atoms with Gasteiger partial charge in [-0.1, -0.05) is 43.5 Å². The van der Waals surface area contributed by atoms with Crippen LogP contribution in [0.15, 0.2) is 24.3 Å². The zero-order valence-electron chi connectivity index (χ0n) is 14.1. The number of nitrogens with two attached hydrogens (primary N) is 1. The van der Waals surface area contributed by atoms with Crippen molar-refractivity contribution < 1.29 is 4.79 Å². The maximum absolute atomic E-state index is 13.0. The number of benzene rings is 1. The maximum atomic E-state index is 13.0. The highest BCUT2D eigenvalue weighted by Gasteiger charge is 2.25. The molecule has 1 heterocycles. The van der Waals surface area contributed by atoms with E-state index in [0.717, 1.165) is 24.0 Å². The van der Waals surface area contributed by atoms with E-state index in [1.807, 2.05) is 12.1 Å². The molecule has 0 bridgehead atoms. The van der Waals surface area contributed by atoms with E-state index in [1.165, 1.54) is 60.9 Å². The standard InChI is InChI=1S/C21H25NOS/c22-21-19(17-8-4-5-9-18(17)24-21)20(23)16-12-10-15(11-13-16)14-6-2-1-3-7-14/h10-14H,1-9,22H2. The van der Waals surface area contributed by atoms with Crippen molar-refractivity contribution in [3.8, 4) is 0 Å². The molecule has 1 aromatic heterocycles. The van der Waals surface area contributed by atoms with Crippen LogP contribution in [0.1, 0.15) is 82.8 Å². The molecule has 4 rings (SSSR count). The number of carbonyl (C=O) groups is 1. The molecule has 0 unspecified atom stereocenters. The first kappa shape index (κ1) is 15.9. The SMILES string of the molecule is Nc1sc2c(c1C(=O)c1ccc(C3CCCCC3)cc1)CCCC2. The minimum absolute atomic E-state index is 0.113. The largest absolute Gasteiger partial charge is 0.390 e. The monoisotopic (exact) mass is 339 g/mol. The van der Waals surface area contributed by atoms with Crippen LogP contribution in [-0.2, 0) is 12.8 Å². The number of aryl methyl sites for hydroxylation is 1. The summed E-state index contributed by atoms with van der Waals surface area (Å²) >= 11 is 1.62. The van der Waals surface area contributed by atoms with Crippen molar-refractivity contribution in [3.63, 3.8) is 0 Å². The van der Waals surface area contributed by atoms with Gasteiger partial charge in [-0.3, -0.25) is 4.79 Å². The molecule has 1 fully saturated rings. The Kier molecular flexibility index (Phi) is 4.45. The summed E-state index contributed by atoms with van der Waals surface area (Å²) in [7, 11) is 0. The molecule has 2 aliphatic carbocycles. The molecule has 1 saturated carbocycles. The predicted octanol–water partition coefficient (Wildman–Crippen LogP) is 5.49. The number of hydrogen-bond donors (Lipinski definition) is 1. The molecular formula is C21H25NOS. The van der Waals surface area contributed by atoms with Crippen LogP contribution in [0.5, 0.6) is 0 Å². The molecule has 1 aromatic carbocycles. The summed E-state index contributed by atoms with van der Waals surface area (Å²) in [4.78, 5) is 14.3. The summed E-state index contributed by atoms with van der Waals surface area (Å²) in [5.41, 5.74) is 10.4. The summed E-state index contributed by atoms with van der Waals surface area (Å²) < 4.78 is 0. The van der Waals surface area contributed by atoms with Gasteiger partial charge in [0.2, 0.25) is 0 Å². The minimum Gasteiger partial charge on any atom is -0.390 e. The van der Waals surface area contributed by atoms with E-state index in [2.05, 4.69) is 12.1 Å². The van der Waals surface area contributed by atoms with E-state index in [0.29, 0.717) is 10.9 Å². The van der Waals surface area contributed by atoms with Gasteiger partial charge < -0.3 is 5.73 Å². The molecule has 2 nitrogen and oxygen atoms in total. The summed E-state index contributed by atoms with van der Waals surface area (Å²) in [5, 5.41) is 0.711. The number of nitrogen functional groups attached to an aromatic ring is 1. The van der Waals surface area contributed by atoms with Gasteiger partial charge in [0.1, 0.15) is 0 Å². The molecule has 0 amide bonds. The van der Waals surface area contributed by atoms with E-state index in [1.54, 1.807) is 11.3 Å². The number of ketones is 1. The van der Waals surface area contributed by atoms with Crippen LogP contribution in [-0.4, -0.2) is 5.78 Å². The normalized spacial score (nSPS) is 18.3.